The van der Waals surface area contributed by atoms with Gasteiger partial charge in [0.25, 0.3) is 0 Å². The summed E-state index contributed by atoms with van der Waals surface area (Å²) in [7, 11) is 1.19. The predicted octanol–water partition coefficient (Wildman–Crippen LogP) is 9.43. The van der Waals surface area contributed by atoms with Gasteiger partial charge in [-0.2, -0.15) is 12.6 Å². The van der Waals surface area contributed by atoms with Crippen molar-refractivity contribution in [2.45, 2.75) is 124 Å². The lowest BCUT2D eigenvalue weighted by molar-refractivity contribution is -0.151. The summed E-state index contributed by atoms with van der Waals surface area (Å²) in [5.41, 5.74) is 4.73. The van der Waals surface area contributed by atoms with Gasteiger partial charge in [0.1, 0.15) is 5.70 Å². The molecule has 1 aliphatic rings. The first kappa shape index (κ1) is 108. The quantitative estimate of drug-likeness (QED) is 0.00543. The number of nitrogens with two attached hydrogens (primary N) is 1. The van der Waals surface area contributed by atoms with E-state index in [0.29, 0.717) is 32.6 Å². The van der Waals surface area contributed by atoms with Crippen LogP contribution < -0.4 is 11.1 Å². The number of carboxylic acids is 8. The molecule has 29 heteroatoms. The summed E-state index contributed by atoms with van der Waals surface area (Å²) in [6.45, 7) is 49.0. The molecule has 1 amide bonds. The third kappa shape index (κ3) is 127. The van der Waals surface area contributed by atoms with Gasteiger partial charge in [0.05, 0.1) is 59.0 Å². The number of ether oxygens (including phenoxy) is 4. The number of rotatable bonds is 34. The van der Waals surface area contributed by atoms with Crippen LogP contribution in [0.25, 0.3) is 0 Å². The summed E-state index contributed by atoms with van der Waals surface area (Å²) in [4.78, 5) is 141. The van der Waals surface area contributed by atoms with Crippen LogP contribution in [0, 0.1) is 0 Å². The van der Waals surface area contributed by atoms with Crippen molar-refractivity contribution in [3.63, 3.8) is 0 Å². The lowest BCUT2D eigenvalue weighted by Crippen LogP contribution is -2.23. The van der Waals surface area contributed by atoms with Crippen LogP contribution in [0.15, 0.2) is 162 Å². The molecule has 0 aromatic rings. The molecule has 532 valence electrons. The number of allylic oxidation sites excluding steroid dienone is 3. The third-order valence-electron chi connectivity index (χ3n) is 8.21. The SMILES string of the molecule is C=C(C)C(=O)O.C=C(CC(=O)OC)C(=O)O.C=C(CC(=O)OCCCC)C(=O)O.C=C(NC(C)=O)C(=O)O.C=C1CC(=O)OC1=O.C=CC(=O)CCCCCCC(=O)O.C=CC(=O)O.C=CCC(=O)O.C=CCCCC=C.C=CCN.C=CCOCCC(=O)O.C=CCS. The van der Waals surface area contributed by atoms with Gasteiger partial charge in [0.2, 0.25) is 5.91 Å². The maximum absolute atomic E-state index is 10.9. The standard InChI is InChI=1S/C10H16O3.C9H14O4.C7H12.C6H8O4.C6H10O3.C5H7NO3.C5H4O3.2C4H6O2.C3H7N.C3H4O2.C3H6S/c1-2-9(11)7-5-3-4-6-8-10(12)13;1-3-4-5-13-8(10)6-7(2)9(11)12;1-3-5-7-6-4-2;1-4(6(8)9)3-5(7)10-2;1-2-4-9-5-3-6(7)8;1-3(5(8)9)6-4(2)7;1-3-2-4(6)8-5(3)7;1-3(2)4(5)6;1-2-3-4(5)6;1-2-3-4;1-2-3(4)5;1-2-3-4/h2H,1,3-8H2,(H,12,13);2-6H2,1H3,(H,11,12);3-4H,1-2,5-7H2;1,3H2,2H3,(H,8,9);2H,1,3-5H2,(H,7,8);1H2,2H3,(H,6,7)(H,8,9);1-2H2;1H2,2H3,(H,5,6);2H,1,3H2,(H,5,6);2H,1,3-4H2;2H,1H2,(H,4,5);2,4H,1,3H2. The van der Waals surface area contributed by atoms with Crippen LogP contribution in [0.3, 0.4) is 0 Å². The molecule has 0 aromatic carbocycles. The highest BCUT2D eigenvalue weighted by atomic mass is 32.1. The van der Waals surface area contributed by atoms with Crippen molar-refractivity contribution in [1.29, 1.82) is 0 Å². The summed E-state index contributed by atoms with van der Waals surface area (Å²) >= 11 is 3.80. The molecule has 0 saturated carbocycles. The lowest BCUT2D eigenvalue weighted by atomic mass is 10.1. The topological polar surface area (TPSA) is 476 Å². The van der Waals surface area contributed by atoms with Crippen LogP contribution in [0.1, 0.15) is 124 Å². The molecule has 1 heterocycles. The number of carbonyl (C=O) groups excluding carboxylic acids is 6. The maximum Gasteiger partial charge on any atom is 0.351 e. The van der Waals surface area contributed by atoms with Crippen LogP contribution in [-0.4, -0.2) is 163 Å². The van der Waals surface area contributed by atoms with Gasteiger partial charge < -0.3 is 70.9 Å². The summed E-state index contributed by atoms with van der Waals surface area (Å²) in [6, 6.07) is 0. The van der Waals surface area contributed by atoms with E-state index in [1.54, 1.807) is 18.2 Å². The van der Waals surface area contributed by atoms with Crippen molar-refractivity contribution < 1.29 is 127 Å². The van der Waals surface area contributed by atoms with Gasteiger partial charge in [0.15, 0.2) is 5.78 Å². The molecule has 0 bridgehead atoms. The third-order valence-corrected chi connectivity index (χ3v) is 8.46. The molecule has 94 heavy (non-hydrogen) atoms. The number of carbonyl (C=O) groups is 14. The van der Waals surface area contributed by atoms with Gasteiger partial charge in [-0.3, -0.25) is 38.4 Å². The normalized spacial score (nSPS) is 9.19. The molecular weight excluding hydrogens is 1260 g/mol. The first-order valence-electron chi connectivity index (χ1n) is 27.5. The number of thiol groups is 1. The summed E-state index contributed by atoms with van der Waals surface area (Å²) in [6.07, 6.45) is 21.3. The number of unbranched alkanes of at least 4 members (excludes halogenated alkanes) is 6. The van der Waals surface area contributed by atoms with Gasteiger partial charge in [-0.05, 0) is 51.5 Å². The molecule has 11 N–H and O–H groups in total. The zero-order valence-corrected chi connectivity index (χ0v) is 55.5. The average molecular weight is 1360 g/mol. The van der Waals surface area contributed by atoms with E-state index in [2.05, 4.69) is 108 Å². The second-order valence-electron chi connectivity index (χ2n) is 16.8. The fourth-order valence-corrected chi connectivity index (χ4v) is 3.56. The summed E-state index contributed by atoms with van der Waals surface area (Å²) < 4.78 is 17.8. The number of aliphatic carboxylic acids is 8. The largest absolute Gasteiger partial charge is 0.481 e. The van der Waals surface area contributed by atoms with E-state index in [0.717, 1.165) is 56.8 Å². The van der Waals surface area contributed by atoms with Crippen LogP contribution in [0.4, 0.5) is 0 Å². The lowest BCUT2D eigenvalue weighted by Gasteiger charge is -2.02. The van der Waals surface area contributed by atoms with E-state index in [1.807, 2.05) is 24.4 Å². The van der Waals surface area contributed by atoms with Crippen molar-refractivity contribution in [3.05, 3.63) is 162 Å². The molecule has 0 radical (unpaired) electrons. The van der Waals surface area contributed by atoms with Gasteiger partial charge in [-0.15, -0.1) is 39.5 Å². The van der Waals surface area contributed by atoms with Crippen molar-refractivity contribution in [2.75, 3.05) is 39.2 Å². The first-order chi connectivity index (χ1) is 43.7. The summed E-state index contributed by atoms with van der Waals surface area (Å²) in [5.74, 6) is -9.67. The Morgan fingerprint density at radius 1 is 0.585 bits per heavy atom. The van der Waals surface area contributed by atoms with Crippen molar-refractivity contribution in [1.82, 2.24) is 5.32 Å². The Morgan fingerprint density at radius 3 is 1.26 bits per heavy atom. The highest BCUT2D eigenvalue weighted by Gasteiger charge is 2.24. The Bertz CT molecular complexity index is 2380. The van der Waals surface area contributed by atoms with Gasteiger partial charge >= 0.3 is 71.6 Å². The molecule has 0 aromatic heterocycles. The number of hydrogen-bond donors (Lipinski definition) is 11. The smallest absolute Gasteiger partial charge is 0.351 e. The molecule has 1 aliphatic heterocycles. The van der Waals surface area contributed by atoms with E-state index in [9.17, 15) is 67.1 Å². The predicted molar refractivity (Wildman–Crippen MR) is 360 cm³/mol. The Kier molecular flexibility index (Phi) is 98.0. The van der Waals surface area contributed by atoms with Crippen LogP contribution in [-0.2, 0) is 86.1 Å². The van der Waals surface area contributed by atoms with Crippen molar-refractivity contribution in [3.8, 4) is 0 Å². The van der Waals surface area contributed by atoms with Gasteiger partial charge in [-0.1, -0.05) is 109 Å². The molecule has 28 nitrogen and oxygen atoms in total. The number of esters is 4. The fourth-order valence-electron chi connectivity index (χ4n) is 3.56. The highest BCUT2D eigenvalue weighted by molar-refractivity contribution is 7.80. The Morgan fingerprint density at radius 2 is 1.02 bits per heavy atom. The molecule has 0 aliphatic carbocycles. The van der Waals surface area contributed by atoms with Gasteiger partial charge in [-0.25, -0.2) is 28.8 Å². The highest BCUT2D eigenvalue weighted by Crippen LogP contribution is 2.11. The van der Waals surface area contributed by atoms with Crippen LogP contribution in [0.5, 0.6) is 0 Å². The molecular formula is C65H100N2O26S. The van der Waals surface area contributed by atoms with E-state index >= 15 is 0 Å². The minimum absolute atomic E-state index is 0.0544. The molecule has 0 atom stereocenters. The zero-order chi connectivity index (χ0) is 76.0. The fraction of sp³-hybridized carbons (Fsp3) is 0.385. The van der Waals surface area contributed by atoms with Crippen LogP contribution in [0.2, 0.25) is 0 Å². The molecule has 1 fully saturated rings. The van der Waals surface area contributed by atoms with Gasteiger partial charge in [0, 0.05) is 60.4 Å². The number of nitrogens with one attached hydrogen (secondary N) is 1. The second kappa shape index (κ2) is 84.9. The van der Waals surface area contributed by atoms with Crippen molar-refractivity contribution >= 4 is 96.0 Å². The van der Waals surface area contributed by atoms with E-state index < -0.39 is 77.5 Å². The second-order valence-corrected chi connectivity index (χ2v) is 17.2. The minimum atomic E-state index is -1.22. The van der Waals surface area contributed by atoms with E-state index in [4.69, 9.17) is 56.1 Å². The summed E-state index contributed by atoms with van der Waals surface area (Å²) in [5, 5.41) is 66.5. The Balaban J connectivity index is -0.0000000903. The maximum atomic E-state index is 10.9. The first-order valence-corrected chi connectivity index (χ1v) is 28.1. The monoisotopic (exact) mass is 1360 g/mol. The molecule has 1 saturated heterocycles. The van der Waals surface area contributed by atoms with Crippen molar-refractivity contribution in [2.24, 2.45) is 5.73 Å². The molecule has 1 rings (SSSR count). The number of methoxy groups -OCH3 is 1. The number of carboxylic acid groups (broad SMARTS) is 8. The Hall–Kier alpha value is -10.1. The number of amides is 1. The number of cyclic esters (lactones) is 2. The van der Waals surface area contributed by atoms with E-state index in [1.165, 1.54) is 39.5 Å². The molecule has 0 unspecified atom stereocenters. The van der Waals surface area contributed by atoms with E-state index in [-0.39, 0.29) is 78.9 Å². The Labute approximate surface area is 556 Å². The number of hydrogen-bond acceptors (Lipinski definition) is 20. The average Bonchev–Trinajstić information content (AvgIpc) is 2.23. The zero-order valence-electron chi connectivity index (χ0n) is 54.6. The molecule has 0 spiro atoms. The van der Waals surface area contributed by atoms with Crippen LogP contribution >= 0.6 is 12.6 Å². The number of ketones is 1. The minimum Gasteiger partial charge on any atom is -0.481 e.